The van der Waals surface area contributed by atoms with Gasteiger partial charge in [-0.3, -0.25) is 4.79 Å². The number of hydrogen-bond donors (Lipinski definition) is 4. The molecule has 0 aliphatic carbocycles. The number of imide groups is 1. The molecule has 2 aromatic rings. The van der Waals surface area contributed by atoms with Crippen LogP contribution in [-0.2, 0) is 14.3 Å². The maximum atomic E-state index is 14.2. The SMILES string of the molecule is CCCC(=O)Nc1cccc(C2CCN(CCCNC(=O)N3C(=O)NC(COC)=C(C(=O)O)C3c3ccc(F)c(F)c3)CC2)c1. The fourth-order valence-corrected chi connectivity index (χ4v) is 5.77. The van der Waals surface area contributed by atoms with Crippen LogP contribution in [0, 0.1) is 11.6 Å². The minimum atomic E-state index is -1.52. The number of hydrogen-bond acceptors (Lipinski definition) is 6. The summed E-state index contributed by atoms with van der Waals surface area (Å²) in [6, 6.07) is 7.38. The normalized spacial score (nSPS) is 17.6. The number of nitrogens with one attached hydrogen (secondary N) is 3. The smallest absolute Gasteiger partial charge is 0.335 e. The second kappa shape index (κ2) is 15.6. The Balaban J connectivity index is 1.34. The van der Waals surface area contributed by atoms with E-state index >= 15 is 0 Å². The first kappa shape index (κ1) is 33.5. The van der Waals surface area contributed by atoms with E-state index in [1.165, 1.54) is 12.7 Å². The largest absolute Gasteiger partial charge is 0.478 e. The van der Waals surface area contributed by atoms with Crippen molar-refractivity contribution in [3.8, 4) is 0 Å². The summed E-state index contributed by atoms with van der Waals surface area (Å²) in [6.45, 7) is 4.29. The van der Waals surface area contributed by atoms with E-state index < -0.39 is 41.3 Å². The van der Waals surface area contributed by atoms with Gasteiger partial charge in [0.15, 0.2) is 11.6 Å². The van der Waals surface area contributed by atoms with Crippen LogP contribution in [0.15, 0.2) is 53.7 Å². The van der Waals surface area contributed by atoms with E-state index in [9.17, 15) is 33.1 Å². The molecular weight excluding hydrogens is 588 g/mol. The van der Waals surface area contributed by atoms with Crippen LogP contribution < -0.4 is 16.0 Å². The number of benzene rings is 2. The molecule has 1 atom stereocenters. The zero-order valence-electron chi connectivity index (χ0n) is 25.4. The van der Waals surface area contributed by atoms with Crippen LogP contribution in [0.3, 0.4) is 0 Å². The molecular formula is C32H39F2N5O6. The Morgan fingerprint density at radius 1 is 1.07 bits per heavy atom. The third-order valence-corrected chi connectivity index (χ3v) is 7.96. The van der Waals surface area contributed by atoms with Crippen molar-refractivity contribution >= 4 is 29.6 Å². The number of urea groups is 2. The van der Waals surface area contributed by atoms with Crippen molar-refractivity contribution in [2.24, 2.45) is 0 Å². The summed E-state index contributed by atoms with van der Waals surface area (Å²) in [5.41, 5.74) is 1.43. The van der Waals surface area contributed by atoms with E-state index in [2.05, 4.69) is 26.9 Å². The lowest BCUT2D eigenvalue weighted by atomic mass is 9.89. The molecule has 1 fully saturated rings. The fourth-order valence-electron chi connectivity index (χ4n) is 5.77. The topological polar surface area (TPSA) is 140 Å². The number of ether oxygens (including phenoxy) is 1. The summed E-state index contributed by atoms with van der Waals surface area (Å²) in [6.07, 6.45) is 3.72. The second-order valence-electron chi connectivity index (χ2n) is 11.1. The van der Waals surface area contributed by atoms with Crippen LogP contribution in [-0.4, -0.2) is 78.7 Å². The van der Waals surface area contributed by atoms with Crippen molar-refractivity contribution in [2.75, 3.05) is 45.2 Å². The molecule has 4 rings (SSSR count). The molecule has 0 saturated carbocycles. The zero-order chi connectivity index (χ0) is 32.5. The van der Waals surface area contributed by atoms with E-state index in [0.29, 0.717) is 30.2 Å². The van der Waals surface area contributed by atoms with Gasteiger partial charge in [0.25, 0.3) is 0 Å². The third-order valence-electron chi connectivity index (χ3n) is 7.96. The highest BCUT2D eigenvalue weighted by molar-refractivity contribution is 6.01. The van der Waals surface area contributed by atoms with Gasteiger partial charge in [-0.1, -0.05) is 25.1 Å². The van der Waals surface area contributed by atoms with Gasteiger partial charge in [-0.2, -0.15) is 0 Å². The Morgan fingerprint density at radius 2 is 1.82 bits per heavy atom. The van der Waals surface area contributed by atoms with Crippen molar-refractivity contribution in [1.29, 1.82) is 0 Å². The number of aliphatic carboxylic acids is 1. The fraction of sp³-hybridized carbons (Fsp3) is 0.438. The summed E-state index contributed by atoms with van der Waals surface area (Å²) in [7, 11) is 1.31. The van der Waals surface area contributed by atoms with Gasteiger partial charge in [0.2, 0.25) is 5.91 Å². The molecule has 0 spiro atoms. The monoisotopic (exact) mass is 627 g/mol. The first-order chi connectivity index (χ1) is 21.6. The van der Waals surface area contributed by atoms with Crippen LogP contribution in [0.4, 0.5) is 24.1 Å². The lowest BCUT2D eigenvalue weighted by Crippen LogP contribution is -2.55. The molecule has 1 saturated heterocycles. The number of carbonyl (C=O) groups is 4. The van der Waals surface area contributed by atoms with Gasteiger partial charge in [-0.25, -0.2) is 28.1 Å². The van der Waals surface area contributed by atoms with Crippen LogP contribution in [0.25, 0.3) is 0 Å². The minimum Gasteiger partial charge on any atom is -0.478 e. The standard InChI is InChI=1S/C32H39F2N5O6/c1-3-6-27(40)36-23-8-4-7-21(17-23)20-11-15-38(16-12-20)14-5-13-35-31(43)39-29(22-9-10-24(33)25(34)18-22)28(30(41)42)26(19-45-2)37-32(39)44/h4,7-10,17-18,20,29H,3,5-6,11-16,19H2,1-2H3,(H,35,43)(H,36,40)(H,37,44)(H,41,42). The molecule has 4 N–H and O–H groups in total. The van der Waals surface area contributed by atoms with Gasteiger partial charge < -0.3 is 30.7 Å². The molecule has 2 aliphatic heterocycles. The number of carbonyl (C=O) groups excluding carboxylic acids is 3. The Labute approximate surface area is 260 Å². The lowest BCUT2D eigenvalue weighted by molar-refractivity contribution is -0.133. The van der Waals surface area contributed by atoms with E-state index in [4.69, 9.17) is 4.74 Å². The van der Waals surface area contributed by atoms with Gasteiger partial charge in [0.05, 0.1) is 17.9 Å². The summed E-state index contributed by atoms with van der Waals surface area (Å²) < 4.78 is 32.9. The van der Waals surface area contributed by atoms with Crippen molar-refractivity contribution in [3.05, 3.63) is 76.5 Å². The van der Waals surface area contributed by atoms with Gasteiger partial charge in [-0.05, 0) is 86.6 Å². The lowest BCUT2D eigenvalue weighted by Gasteiger charge is -2.36. The number of methoxy groups -OCH3 is 1. The maximum Gasteiger partial charge on any atom is 0.335 e. The summed E-state index contributed by atoms with van der Waals surface area (Å²) in [4.78, 5) is 53.5. The average Bonchev–Trinajstić information content (AvgIpc) is 3.01. The van der Waals surface area contributed by atoms with Crippen LogP contribution in [0.1, 0.15) is 62.1 Å². The van der Waals surface area contributed by atoms with Crippen LogP contribution in [0.2, 0.25) is 0 Å². The molecule has 2 aliphatic rings. The summed E-state index contributed by atoms with van der Waals surface area (Å²) in [5.74, 6) is -3.47. The molecule has 1 unspecified atom stereocenters. The molecule has 5 amide bonds. The predicted octanol–water partition coefficient (Wildman–Crippen LogP) is 4.73. The molecule has 242 valence electrons. The number of carboxylic acid groups (broad SMARTS) is 1. The van der Waals surface area contributed by atoms with Crippen LogP contribution in [0.5, 0.6) is 0 Å². The van der Waals surface area contributed by atoms with E-state index in [0.717, 1.165) is 56.2 Å². The predicted molar refractivity (Wildman–Crippen MR) is 162 cm³/mol. The number of carboxylic acids is 1. The number of rotatable bonds is 12. The molecule has 0 bridgehead atoms. The Hall–Kier alpha value is -4.36. The molecule has 2 heterocycles. The van der Waals surface area contributed by atoms with Crippen molar-refractivity contribution < 1.29 is 37.8 Å². The Bertz CT molecular complexity index is 1440. The van der Waals surface area contributed by atoms with E-state index in [-0.39, 0.29) is 30.3 Å². The van der Waals surface area contributed by atoms with E-state index in [1.54, 1.807) is 0 Å². The number of amides is 5. The minimum absolute atomic E-state index is 0.00647. The van der Waals surface area contributed by atoms with Gasteiger partial charge >= 0.3 is 18.0 Å². The van der Waals surface area contributed by atoms with Crippen LogP contribution >= 0.6 is 0 Å². The quantitative estimate of drug-likeness (QED) is 0.250. The summed E-state index contributed by atoms with van der Waals surface area (Å²) in [5, 5.41) is 18.0. The Morgan fingerprint density at radius 3 is 2.49 bits per heavy atom. The van der Waals surface area contributed by atoms with Gasteiger partial charge in [0.1, 0.15) is 6.04 Å². The number of halogens is 2. The third kappa shape index (κ3) is 8.43. The number of likely N-dealkylation sites (tertiary alicyclic amines) is 1. The van der Waals surface area contributed by atoms with Gasteiger partial charge in [-0.15, -0.1) is 0 Å². The maximum absolute atomic E-state index is 14.2. The molecule has 13 heteroatoms. The molecule has 0 aromatic heterocycles. The summed E-state index contributed by atoms with van der Waals surface area (Å²) >= 11 is 0. The molecule has 0 radical (unpaired) electrons. The first-order valence-electron chi connectivity index (χ1n) is 15.0. The average molecular weight is 628 g/mol. The highest BCUT2D eigenvalue weighted by Crippen LogP contribution is 2.35. The Kier molecular flexibility index (Phi) is 11.6. The highest BCUT2D eigenvalue weighted by atomic mass is 19.2. The van der Waals surface area contributed by atoms with Crippen molar-refractivity contribution in [3.63, 3.8) is 0 Å². The molecule has 45 heavy (non-hydrogen) atoms. The zero-order valence-corrected chi connectivity index (χ0v) is 25.4. The first-order valence-corrected chi connectivity index (χ1v) is 15.0. The molecule has 2 aromatic carbocycles. The molecule has 11 nitrogen and oxygen atoms in total. The number of nitrogens with zero attached hydrogens (tertiary/aromatic N) is 2. The highest BCUT2D eigenvalue weighted by Gasteiger charge is 2.42. The van der Waals surface area contributed by atoms with Crippen molar-refractivity contribution in [2.45, 2.75) is 51.0 Å². The van der Waals surface area contributed by atoms with Gasteiger partial charge in [0, 0.05) is 25.8 Å². The number of piperidine rings is 1. The van der Waals surface area contributed by atoms with Crippen molar-refractivity contribution in [1.82, 2.24) is 20.4 Å². The number of anilines is 1. The second-order valence-corrected chi connectivity index (χ2v) is 11.1. The van der Waals surface area contributed by atoms with E-state index in [1.807, 2.05) is 25.1 Å².